The number of carbonyl (C=O) groups is 2. The fourth-order valence-corrected chi connectivity index (χ4v) is 6.18. The Hall–Kier alpha value is -2.24. The van der Waals surface area contributed by atoms with E-state index in [1.54, 1.807) is 14.0 Å². The first kappa shape index (κ1) is 75.8. The monoisotopic (exact) mass is 1120 g/mol. The Morgan fingerprint density at radius 2 is 1.05 bits per heavy atom. The van der Waals surface area contributed by atoms with Crippen LogP contribution in [0.5, 0.6) is 0 Å². The molecule has 0 spiro atoms. The summed E-state index contributed by atoms with van der Waals surface area (Å²) >= 11 is 0. The van der Waals surface area contributed by atoms with E-state index in [0.717, 1.165) is 38.5 Å². The van der Waals surface area contributed by atoms with Gasteiger partial charge in [-0.3, -0.25) is 4.79 Å². The third-order valence-corrected chi connectivity index (χ3v) is 10.3. The van der Waals surface area contributed by atoms with Crippen LogP contribution >= 0.6 is 0 Å². The molecule has 76 heavy (non-hydrogen) atoms. The van der Waals surface area contributed by atoms with Crippen molar-refractivity contribution in [2.45, 2.75) is 120 Å². The van der Waals surface area contributed by atoms with E-state index in [1.165, 1.54) is 0 Å². The zero-order valence-corrected chi connectivity index (χ0v) is 45.3. The Morgan fingerprint density at radius 3 is 1.50 bits per heavy atom. The van der Waals surface area contributed by atoms with Gasteiger partial charge >= 0.3 is 5.97 Å². The Kier molecular flexibility index (Phi) is 54.6. The van der Waals surface area contributed by atoms with Crippen LogP contribution < -0.4 is 5.32 Å². The summed E-state index contributed by atoms with van der Waals surface area (Å²) in [6.45, 7) is 14.6. The van der Waals surface area contributed by atoms with E-state index in [4.69, 9.17) is 76.2 Å². The van der Waals surface area contributed by atoms with Crippen molar-refractivity contribution >= 4 is 11.9 Å². The van der Waals surface area contributed by atoms with Crippen molar-refractivity contribution in [2.75, 3.05) is 172 Å². The molecular weight excluding hydrogens is 1020 g/mol. The van der Waals surface area contributed by atoms with Gasteiger partial charge in [0.2, 0.25) is 0 Å². The minimum atomic E-state index is -2.37. The van der Waals surface area contributed by atoms with E-state index in [9.17, 15) is 45.3 Å². The maximum atomic E-state index is 13.1. The Balaban J connectivity index is -0.0000107. The molecule has 1 heterocycles. The normalized spacial score (nSPS) is 18.4. The maximum Gasteiger partial charge on any atom is 0.335 e. The molecule has 9 atom stereocenters. The molecule has 0 aliphatic carbocycles. The molecule has 1 aliphatic rings. The van der Waals surface area contributed by atoms with E-state index in [-0.39, 0.29) is 39.1 Å². The molecule has 1 fully saturated rings. The zero-order valence-electron chi connectivity index (χ0n) is 45.3. The lowest BCUT2D eigenvalue weighted by Crippen LogP contribution is -2.59. The summed E-state index contributed by atoms with van der Waals surface area (Å²) in [7, 11) is 1.63. The number of unbranched alkanes of at least 4 members (excludes halogenated alkanes) is 5. The Bertz CT molecular complexity index is 1310. The van der Waals surface area contributed by atoms with Crippen LogP contribution in [0, 0.1) is 0 Å². The van der Waals surface area contributed by atoms with Crippen LogP contribution in [0.4, 0.5) is 0 Å². The molecule has 0 radical (unpaired) electrons. The SMILES string of the molecule is C=C(CCCCCCC)C(=O)OC(COCOCCOCCOCCOCCOCCOCCCCOCCOCCOCCOCCOC)NC(=O)C(O)C(O)C(O[C@@H]1OC[C@H](O)[C@H](O)C1O)C(O)CO.CCO.O.[HH]. The summed E-state index contributed by atoms with van der Waals surface area (Å²) in [5.41, 5.74) is 0.135. The van der Waals surface area contributed by atoms with E-state index >= 15 is 0 Å². The van der Waals surface area contributed by atoms with E-state index in [2.05, 4.69) is 18.8 Å². The van der Waals surface area contributed by atoms with Gasteiger partial charge in [-0.05, 0) is 32.6 Å². The summed E-state index contributed by atoms with van der Waals surface area (Å²) in [6, 6.07) is 0. The predicted octanol–water partition coefficient (Wildman–Crippen LogP) is -2.23. The van der Waals surface area contributed by atoms with Gasteiger partial charge in [-0.2, -0.15) is 0 Å². The third kappa shape index (κ3) is 41.8. The number of ether oxygens (including phenoxy) is 15. The van der Waals surface area contributed by atoms with Gasteiger partial charge in [0.1, 0.15) is 50.0 Å². The second kappa shape index (κ2) is 54.7. The number of hydrogen-bond acceptors (Lipinski definition) is 25. The number of hydrogen-bond donors (Lipinski definition) is 9. The van der Waals surface area contributed by atoms with Crippen LogP contribution in [-0.4, -0.2) is 286 Å². The van der Waals surface area contributed by atoms with Crippen molar-refractivity contribution in [3.8, 4) is 0 Å². The number of nitrogens with one attached hydrogen (secondary N) is 1. The third-order valence-electron chi connectivity index (χ3n) is 10.3. The quantitative estimate of drug-likeness (QED) is 0.0135. The highest BCUT2D eigenvalue weighted by Crippen LogP contribution is 2.22. The molecule has 456 valence electrons. The van der Waals surface area contributed by atoms with Gasteiger partial charge in [0.25, 0.3) is 5.91 Å². The van der Waals surface area contributed by atoms with Gasteiger partial charge in [-0.15, -0.1) is 0 Å². The number of rotatable bonds is 52. The number of carbonyl (C=O) groups excluding carboxylic acids is 2. The first-order valence-corrected chi connectivity index (χ1v) is 26.0. The average molecular weight is 1120 g/mol. The summed E-state index contributed by atoms with van der Waals surface area (Å²) in [5.74, 6) is -2.15. The van der Waals surface area contributed by atoms with Gasteiger partial charge in [-0.1, -0.05) is 39.2 Å². The average Bonchev–Trinajstić information content (AvgIpc) is 3.40. The summed E-state index contributed by atoms with van der Waals surface area (Å²) in [5, 5.41) is 81.3. The molecule has 27 nitrogen and oxygen atoms in total. The molecule has 0 aromatic rings. The fraction of sp³-hybridized carbons (Fsp3) is 0.918. The summed E-state index contributed by atoms with van der Waals surface area (Å²) in [4.78, 5) is 26.0. The highest BCUT2D eigenvalue weighted by molar-refractivity contribution is 5.88. The van der Waals surface area contributed by atoms with Crippen LogP contribution in [0.1, 0.15) is 66.6 Å². The lowest BCUT2D eigenvalue weighted by atomic mass is 10.0. The van der Waals surface area contributed by atoms with Gasteiger partial charge in [0.05, 0.1) is 132 Å². The largest absolute Gasteiger partial charge is 0.436 e. The minimum absolute atomic E-state index is 0. The molecule has 27 heteroatoms. The lowest BCUT2D eigenvalue weighted by molar-refractivity contribution is -0.302. The van der Waals surface area contributed by atoms with Crippen LogP contribution in [-0.2, 0) is 80.6 Å². The van der Waals surface area contributed by atoms with Crippen LogP contribution in [0.2, 0.25) is 0 Å². The standard InChI is InChI=1S/C47H89NO24.C2H6O.H2O.H2/c1-4-5-6-7-8-11-36(2)46(57)71-39(48-45(56)42(54)41(53)44(37(50)32-49)72-47-43(55)40(52)38(51)33-70-47)34-69-35-68-31-30-67-29-28-66-27-26-65-25-23-63-19-17-60-13-10-9-12-59-16-18-62-22-24-64-21-20-61-15-14-58-3;1-2-3;;/h37-44,47,49-55H,2,4-35H2,1,3H3,(H,48,56);3H,2H2,1H3;1H2;1H/t37?,38-,39?,40-,41?,42?,43?,44?,47-;;;/m0.../s1. The number of esters is 1. The molecule has 0 saturated carbocycles. The van der Waals surface area contributed by atoms with Crippen LogP contribution in [0.3, 0.4) is 0 Å². The smallest absolute Gasteiger partial charge is 0.335 e. The highest BCUT2D eigenvalue weighted by Gasteiger charge is 2.44. The number of methoxy groups -OCH3 is 1. The lowest BCUT2D eigenvalue weighted by Gasteiger charge is -2.39. The Morgan fingerprint density at radius 1 is 0.618 bits per heavy atom. The molecule has 1 rings (SSSR count). The van der Waals surface area contributed by atoms with Crippen molar-refractivity contribution in [3.63, 3.8) is 0 Å². The second-order valence-electron chi connectivity index (χ2n) is 16.6. The first-order valence-electron chi connectivity index (χ1n) is 26.0. The fourth-order valence-electron chi connectivity index (χ4n) is 6.18. The van der Waals surface area contributed by atoms with Gasteiger partial charge < -0.3 is 123 Å². The van der Waals surface area contributed by atoms with Crippen molar-refractivity contribution in [1.29, 1.82) is 0 Å². The molecule has 0 bridgehead atoms. The topological polar surface area (TPSA) is 378 Å². The van der Waals surface area contributed by atoms with Crippen molar-refractivity contribution < 1.29 is 128 Å². The van der Waals surface area contributed by atoms with E-state index in [0.29, 0.717) is 132 Å². The van der Waals surface area contributed by atoms with Crippen molar-refractivity contribution in [3.05, 3.63) is 12.2 Å². The summed E-state index contributed by atoms with van der Waals surface area (Å²) in [6.07, 6.45) is -10.0. The highest BCUT2D eigenvalue weighted by atomic mass is 16.7. The maximum absolute atomic E-state index is 13.1. The van der Waals surface area contributed by atoms with Crippen LogP contribution in [0.15, 0.2) is 12.2 Å². The molecular formula is C49H99NO26. The molecule has 1 amide bonds. The van der Waals surface area contributed by atoms with Crippen molar-refractivity contribution in [1.82, 2.24) is 5.32 Å². The second-order valence-corrected chi connectivity index (χ2v) is 16.6. The summed E-state index contributed by atoms with van der Waals surface area (Å²) < 4.78 is 81.0. The van der Waals surface area contributed by atoms with Crippen LogP contribution in [0.25, 0.3) is 0 Å². The van der Waals surface area contributed by atoms with E-state index < -0.39 is 86.9 Å². The molecule has 0 aromatic carbocycles. The van der Waals surface area contributed by atoms with Gasteiger partial charge in [0, 0.05) is 33.9 Å². The molecule has 6 unspecified atom stereocenters. The van der Waals surface area contributed by atoms with Crippen molar-refractivity contribution in [2.24, 2.45) is 0 Å². The zero-order chi connectivity index (χ0) is 55.6. The minimum Gasteiger partial charge on any atom is -0.436 e. The molecule has 1 aliphatic heterocycles. The van der Waals surface area contributed by atoms with E-state index in [1.807, 2.05) is 0 Å². The number of aliphatic hydroxyl groups excluding tert-OH is 8. The first-order chi connectivity index (χ1) is 36.4. The molecule has 0 aromatic heterocycles. The van der Waals surface area contributed by atoms with Gasteiger partial charge in [-0.25, -0.2) is 4.79 Å². The van der Waals surface area contributed by atoms with Gasteiger partial charge in [0.15, 0.2) is 18.6 Å². The molecule has 11 N–H and O–H groups in total. The number of amides is 1. The number of aliphatic hydroxyl groups is 8. The predicted molar refractivity (Wildman–Crippen MR) is 272 cm³/mol. The molecule has 1 saturated heterocycles. The Labute approximate surface area is 449 Å².